The van der Waals surface area contributed by atoms with E-state index in [0.717, 1.165) is 0 Å². The van der Waals surface area contributed by atoms with E-state index in [2.05, 4.69) is 8.37 Å². The van der Waals surface area contributed by atoms with Crippen molar-refractivity contribution in [3.8, 4) is 0 Å². The second-order valence-corrected chi connectivity index (χ2v) is 5.03. The van der Waals surface area contributed by atoms with Crippen molar-refractivity contribution in [2.45, 2.75) is 13.2 Å². The van der Waals surface area contributed by atoms with E-state index < -0.39 is 26.5 Å². The van der Waals surface area contributed by atoms with E-state index in [0.29, 0.717) is 0 Å². The highest BCUT2D eigenvalue weighted by molar-refractivity contribution is 8.15. The van der Waals surface area contributed by atoms with Crippen LogP contribution < -0.4 is 0 Å². The zero-order valence-electron chi connectivity index (χ0n) is 5.46. The third kappa shape index (κ3) is 2.42. The lowest BCUT2D eigenvalue weighted by Crippen LogP contribution is -2.30. The second-order valence-electron chi connectivity index (χ2n) is 1.86. The van der Waals surface area contributed by atoms with E-state index >= 15 is 0 Å². The highest BCUT2D eigenvalue weighted by Gasteiger charge is 2.26. The molecular weight excluding hydrogens is 196 g/mol. The quantitative estimate of drug-likeness (QED) is 0.406. The summed E-state index contributed by atoms with van der Waals surface area (Å²) in [6, 6.07) is 0. The molecule has 0 radical (unpaired) electrons. The maximum Gasteiger partial charge on any atom is 0.304 e. The molecule has 0 spiro atoms. The molecule has 1 heterocycles. The van der Waals surface area contributed by atoms with Crippen LogP contribution in [0.2, 0.25) is 0 Å². The lowest BCUT2D eigenvalue weighted by Gasteiger charge is -2.16. The Hall–Kier alpha value is -0.150. The standard InChI is InChI=1S/C3H6O6S2/c1-3-8-10(4,5)2-11(6,7)9-3/h2-3H,1H3,(H,4,5). The Bertz CT molecular complexity index is 357. The van der Waals surface area contributed by atoms with Crippen LogP contribution in [0.3, 0.4) is 0 Å². The SMILES string of the molecule is CC1OS(=O)(=O)C=S(=O)(O)O1. The molecule has 0 aromatic carbocycles. The Labute approximate surface area is 64.3 Å². The van der Waals surface area contributed by atoms with Crippen LogP contribution in [0.4, 0.5) is 0 Å². The molecule has 0 aliphatic carbocycles. The van der Waals surface area contributed by atoms with Gasteiger partial charge in [0.1, 0.15) is 0 Å². The normalized spacial score (nSPS) is 42.9. The van der Waals surface area contributed by atoms with Gasteiger partial charge in [0.05, 0.1) is 0 Å². The largest absolute Gasteiger partial charge is 0.304 e. The van der Waals surface area contributed by atoms with Crippen molar-refractivity contribution in [2.24, 2.45) is 0 Å². The number of rotatable bonds is 0. The average molecular weight is 202 g/mol. The van der Waals surface area contributed by atoms with Crippen LogP contribution in [0.5, 0.6) is 0 Å². The van der Waals surface area contributed by atoms with Gasteiger partial charge >= 0.3 is 10.1 Å². The Balaban J connectivity index is 3.24. The van der Waals surface area contributed by atoms with Gasteiger partial charge in [0.15, 0.2) is 11.0 Å². The summed E-state index contributed by atoms with van der Waals surface area (Å²) in [6.07, 6.45) is -1.22. The molecule has 8 heteroatoms. The second kappa shape index (κ2) is 2.42. The predicted molar refractivity (Wildman–Crippen MR) is 37.4 cm³/mol. The molecule has 66 valence electrons. The van der Waals surface area contributed by atoms with Crippen LogP contribution in [0, 0.1) is 0 Å². The third-order valence-corrected chi connectivity index (χ3v) is 3.78. The minimum atomic E-state index is -4.02. The van der Waals surface area contributed by atoms with Crippen LogP contribution in [0.15, 0.2) is 0 Å². The highest BCUT2D eigenvalue weighted by Crippen LogP contribution is 2.10. The van der Waals surface area contributed by atoms with E-state index in [1.165, 1.54) is 6.92 Å². The van der Waals surface area contributed by atoms with Gasteiger partial charge in [-0.05, 0) is 6.92 Å². The van der Waals surface area contributed by atoms with Crippen LogP contribution >= 0.6 is 0 Å². The zero-order chi connectivity index (χ0) is 8.70. The summed E-state index contributed by atoms with van der Waals surface area (Å²) in [4.78, 5) is 0. The minimum Gasteiger partial charge on any atom is -0.293 e. The topological polar surface area (TPSA) is 89.9 Å². The fourth-order valence-corrected chi connectivity index (χ4v) is 3.04. The lowest BCUT2D eigenvalue weighted by molar-refractivity contribution is 0.0311. The molecule has 2 unspecified atom stereocenters. The zero-order valence-corrected chi connectivity index (χ0v) is 7.09. The van der Waals surface area contributed by atoms with Gasteiger partial charge < -0.3 is 0 Å². The summed E-state index contributed by atoms with van der Waals surface area (Å²) in [7, 11) is -7.84. The van der Waals surface area contributed by atoms with Gasteiger partial charge in [0, 0.05) is 0 Å². The summed E-state index contributed by atoms with van der Waals surface area (Å²) >= 11 is 0. The molecule has 0 aromatic rings. The molecule has 0 saturated heterocycles. The van der Waals surface area contributed by atoms with Crippen LogP contribution in [0.1, 0.15) is 6.92 Å². The molecule has 1 aliphatic heterocycles. The van der Waals surface area contributed by atoms with E-state index in [1.54, 1.807) is 0 Å². The van der Waals surface area contributed by atoms with Crippen molar-refractivity contribution < 1.29 is 25.5 Å². The average Bonchev–Trinajstić information content (AvgIpc) is 1.49. The maximum atomic E-state index is 10.7. The molecule has 0 bridgehead atoms. The Morgan fingerprint density at radius 2 is 1.91 bits per heavy atom. The summed E-state index contributed by atoms with van der Waals surface area (Å²) in [6.45, 7) is 1.21. The van der Waals surface area contributed by atoms with Crippen LogP contribution in [-0.4, -0.2) is 28.2 Å². The Kier molecular flexibility index (Phi) is 1.97. The molecule has 6 nitrogen and oxygen atoms in total. The molecule has 1 N–H and O–H groups in total. The Morgan fingerprint density at radius 3 is 2.27 bits per heavy atom. The molecule has 0 aromatic heterocycles. The van der Waals surface area contributed by atoms with E-state index in [4.69, 9.17) is 4.55 Å². The van der Waals surface area contributed by atoms with Gasteiger partial charge in [-0.15, -0.1) is 0 Å². The van der Waals surface area contributed by atoms with Gasteiger partial charge in [0.2, 0.25) is 10.1 Å². The van der Waals surface area contributed by atoms with E-state index in [1.807, 2.05) is 0 Å². The third-order valence-electron chi connectivity index (χ3n) is 0.782. The maximum absolute atomic E-state index is 10.7. The van der Waals surface area contributed by atoms with Crippen LogP contribution in [0.25, 0.3) is 0 Å². The molecule has 1 rings (SSSR count). The summed E-state index contributed by atoms with van der Waals surface area (Å²) < 4.78 is 49.0. The molecule has 1 aliphatic rings. The van der Waals surface area contributed by atoms with Gasteiger partial charge in [-0.2, -0.15) is 8.42 Å². The van der Waals surface area contributed by atoms with Gasteiger partial charge in [0.25, 0.3) is 0 Å². The molecule has 0 saturated carbocycles. The predicted octanol–water partition coefficient (Wildman–Crippen LogP) is -0.859. The number of hydrogen-bond acceptors (Lipinski definition) is 5. The van der Waals surface area contributed by atoms with Gasteiger partial charge in [-0.3, -0.25) is 4.55 Å². The first kappa shape index (κ1) is 8.94. The first-order valence-electron chi connectivity index (χ1n) is 2.54. The van der Waals surface area contributed by atoms with Gasteiger partial charge in [-0.1, -0.05) is 0 Å². The van der Waals surface area contributed by atoms with Crippen molar-refractivity contribution in [2.75, 3.05) is 0 Å². The minimum absolute atomic E-state index is 0.139. The van der Waals surface area contributed by atoms with Crippen molar-refractivity contribution in [1.29, 1.82) is 0 Å². The first-order valence-corrected chi connectivity index (χ1v) is 5.51. The summed E-state index contributed by atoms with van der Waals surface area (Å²) in [5.74, 6) is 0. The van der Waals surface area contributed by atoms with E-state index in [9.17, 15) is 12.6 Å². The van der Waals surface area contributed by atoms with Crippen LogP contribution in [-0.2, 0) is 28.6 Å². The first-order chi connectivity index (χ1) is 4.81. The fraction of sp³-hybridized carbons (Fsp3) is 0.667. The molecule has 0 fully saturated rings. The smallest absolute Gasteiger partial charge is 0.293 e. The molecule has 2 atom stereocenters. The fourth-order valence-electron chi connectivity index (χ4n) is 0.593. The Morgan fingerprint density at radius 1 is 1.36 bits per heavy atom. The van der Waals surface area contributed by atoms with E-state index in [-0.39, 0.29) is 4.70 Å². The van der Waals surface area contributed by atoms with Crippen molar-refractivity contribution in [1.82, 2.24) is 0 Å². The monoisotopic (exact) mass is 202 g/mol. The van der Waals surface area contributed by atoms with Crippen molar-refractivity contribution >= 4 is 24.9 Å². The highest BCUT2D eigenvalue weighted by atomic mass is 32.3. The van der Waals surface area contributed by atoms with Crippen molar-refractivity contribution in [3.05, 3.63) is 0 Å². The molecular formula is C3H6O6S2. The molecule has 0 amide bonds. The summed E-state index contributed by atoms with van der Waals surface area (Å²) in [5.41, 5.74) is 0. The lowest BCUT2D eigenvalue weighted by atomic mass is 10.8. The number of hydrogen-bond donors (Lipinski definition) is 1. The summed E-state index contributed by atoms with van der Waals surface area (Å²) in [5, 5.41) is 0. The van der Waals surface area contributed by atoms with Crippen molar-refractivity contribution in [3.63, 3.8) is 0 Å². The van der Waals surface area contributed by atoms with Gasteiger partial charge in [-0.25, -0.2) is 12.6 Å². The molecule has 11 heavy (non-hydrogen) atoms.